The SMILES string of the molecule is O=C(N/N=C/c1ccc(O)cc1O)c1ccccc1Br. The number of carbonyl (C=O) groups is 1. The van der Waals surface area contributed by atoms with Crippen LogP contribution in [0.5, 0.6) is 11.5 Å². The molecule has 0 aliphatic rings. The fourth-order valence-corrected chi connectivity index (χ4v) is 1.97. The van der Waals surface area contributed by atoms with Crippen LogP contribution in [0.25, 0.3) is 0 Å². The molecule has 0 saturated heterocycles. The van der Waals surface area contributed by atoms with E-state index in [1.165, 1.54) is 24.4 Å². The van der Waals surface area contributed by atoms with E-state index < -0.39 is 0 Å². The van der Waals surface area contributed by atoms with Gasteiger partial charge in [-0.25, -0.2) is 5.43 Å². The lowest BCUT2D eigenvalue weighted by Crippen LogP contribution is -2.18. The van der Waals surface area contributed by atoms with Crippen molar-refractivity contribution in [2.24, 2.45) is 5.10 Å². The molecule has 102 valence electrons. The molecule has 0 atom stereocenters. The minimum absolute atomic E-state index is 0.0445. The van der Waals surface area contributed by atoms with Crippen LogP contribution in [0.3, 0.4) is 0 Å². The zero-order valence-electron chi connectivity index (χ0n) is 10.2. The molecule has 6 heteroatoms. The first-order valence-electron chi connectivity index (χ1n) is 5.68. The summed E-state index contributed by atoms with van der Waals surface area (Å²) < 4.78 is 0.667. The van der Waals surface area contributed by atoms with Crippen LogP contribution in [-0.4, -0.2) is 22.3 Å². The first-order valence-corrected chi connectivity index (χ1v) is 6.47. The molecule has 0 aliphatic carbocycles. The minimum atomic E-state index is -0.369. The number of rotatable bonds is 3. The van der Waals surface area contributed by atoms with E-state index in [4.69, 9.17) is 5.11 Å². The molecule has 0 bridgehead atoms. The number of hydrogen-bond donors (Lipinski definition) is 3. The van der Waals surface area contributed by atoms with Crippen LogP contribution >= 0.6 is 15.9 Å². The Hall–Kier alpha value is -2.34. The van der Waals surface area contributed by atoms with E-state index >= 15 is 0 Å². The maximum absolute atomic E-state index is 11.8. The van der Waals surface area contributed by atoms with Crippen molar-refractivity contribution in [3.63, 3.8) is 0 Å². The minimum Gasteiger partial charge on any atom is -0.508 e. The average Bonchev–Trinajstić information content (AvgIpc) is 2.41. The van der Waals surface area contributed by atoms with Crippen LogP contribution < -0.4 is 5.43 Å². The summed E-state index contributed by atoms with van der Waals surface area (Å²) in [6.45, 7) is 0. The number of aromatic hydroxyl groups is 2. The predicted octanol–water partition coefficient (Wildman–Crippen LogP) is 2.62. The highest BCUT2D eigenvalue weighted by molar-refractivity contribution is 9.10. The topological polar surface area (TPSA) is 81.9 Å². The first-order chi connectivity index (χ1) is 9.58. The summed E-state index contributed by atoms with van der Waals surface area (Å²) >= 11 is 3.27. The van der Waals surface area contributed by atoms with Gasteiger partial charge in [-0.3, -0.25) is 4.79 Å². The van der Waals surface area contributed by atoms with Gasteiger partial charge in [0.25, 0.3) is 5.91 Å². The Labute approximate surface area is 123 Å². The van der Waals surface area contributed by atoms with Crippen LogP contribution in [0.2, 0.25) is 0 Å². The van der Waals surface area contributed by atoms with E-state index in [-0.39, 0.29) is 17.4 Å². The van der Waals surface area contributed by atoms with Gasteiger partial charge >= 0.3 is 0 Å². The van der Waals surface area contributed by atoms with Crippen LogP contribution in [0.4, 0.5) is 0 Å². The number of hydrazone groups is 1. The summed E-state index contributed by atoms with van der Waals surface area (Å²) in [7, 11) is 0. The van der Waals surface area contributed by atoms with Crippen molar-refractivity contribution < 1.29 is 15.0 Å². The summed E-state index contributed by atoms with van der Waals surface area (Å²) in [6.07, 6.45) is 1.30. The van der Waals surface area contributed by atoms with Gasteiger partial charge in [-0.2, -0.15) is 5.10 Å². The number of phenols is 2. The molecule has 2 aromatic carbocycles. The van der Waals surface area contributed by atoms with Gasteiger partial charge in [0, 0.05) is 16.1 Å². The largest absolute Gasteiger partial charge is 0.508 e. The second kappa shape index (κ2) is 6.21. The van der Waals surface area contributed by atoms with E-state index in [0.29, 0.717) is 15.6 Å². The van der Waals surface area contributed by atoms with Crippen LogP contribution in [-0.2, 0) is 0 Å². The Kier molecular flexibility index (Phi) is 4.37. The normalized spacial score (nSPS) is 10.7. The lowest BCUT2D eigenvalue weighted by Gasteiger charge is -2.02. The number of amides is 1. The van der Waals surface area contributed by atoms with Crippen molar-refractivity contribution in [2.45, 2.75) is 0 Å². The lowest BCUT2D eigenvalue weighted by atomic mass is 10.2. The van der Waals surface area contributed by atoms with Crippen LogP contribution in [0, 0.1) is 0 Å². The molecule has 20 heavy (non-hydrogen) atoms. The van der Waals surface area contributed by atoms with Crippen molar-refractivity contribution in [3.05, 3.63) is 58.1 Å². The van der Waals surface area contributed by atoms with E-state index in [1.54, 1.807) is 24.3 Å². The molecule has 0 fully saturated rings. The maximum Gasteiger partial charge on any atom is 0.272 e. The molecule has 5 nitrogen and oxygen atoms in total. The Balaban J connectivity index is 2.07. The zero-order chi connectivity index (χ0) is 14.5. The van der Waals surface area contributed by atoms with E-state index in [2.05, 4.69) is 26.5 Å². The Morgan fingerprint density at radius 1 is 1.20 bits per heavy atom. The van der Waals surface area contributed by atoms with Gasteiger partial charge in [-0.05, 0) is 40.2 Å². The third kappa shape index (κ3) is 3.36. The second-order valence-electron chi connectivity index (χ2n) is 3.92. The van der Waals surface area contributed by atoms with Gasteiger partial charge in [0.1, 0.15) is 11.5 Å². The van der Waals surface area contributed by atoms with Gasteiger partial charge in [-0.15, -0.1) is 0 Å². The molecule has 0 unspecified atom stereocenters. The Morgan fingerprint density at radius 2 is 1.95 bits per heavy atom. The standard InChI is InChI=1S/C14H11BrN2O3/c15-12-4-2-1-3-11(12)14(20)17-16-8-9-5-6-10(18)7-13(9)19/h1-8,18-19H,(H,17,20)/b16-8+. The molecule has 0 saturated carbocycles. The molecular weight excluding hydrogens is 324 g/mol. The first kappa shape index (κ1) is 14.1. The molecule has 0 aromatic heterocycles. The summed E-state index contributed by atoms with van der Waals surface area (Å²) in [5.74, 6) is -0.534. The predicted molar refractivity (Wildman–Crippen MR) is 79.0 cm³/mol. The summed E-state index contributed by atoms with van der Waals surface area (Å²) in [5.41, 5.74) is 3.20. The number of nitrogens with one attached hydrogen (secondary N) is 1. The van der Waals surface area contributed by atoms with E-state index in [0.717, 1.165) is 0 Å². The summed E-state index contributed by atoms with van der Waals surface area (Å²) in [4.78, 5) is 11.8. The van der Waals surface area contributed by atoms with E-state index in [1.807, 2.05) is 0 Å². The molecule has 0 radical (unpaired) electrons. The molecule has 2 rings (SSSR count). The zero-order valence-corrected chi connectivity index (χ0v) is 11.8. The number of halogens is 1. The molecule has 0 aliphatic heterocycles. The average molecular weight is 335 g/mol. The van der Waals surface area contributed by atoms with E-state index in [9.17, 15) is 9.90 Å². The van der Waals surface area contributed by atoms with Gasteiger partial charge in [0.2, 0.25) is 0 Å². The van der Waals surface area contributed by atoms with Crippen LogP contribution in [0.1, 0.15) is 15.9 Å². The monoisotopic (exact) mass is 334 g/mol. The van der Waals surface area contributed by atoms with Gasteiger partial charge in [0.15, 0.2) is 0 Å². The fourth-order valence-electron chi connectivity index (χ4n) is 1.51. The lowest BCUT2D eigenvalue weighted by molar-refractivity contribution is 0.0954. The molecule has 0 spiro atoms. The van der Waals surface area contributed by atoms with Crippen molar-refractivity contribution in [1.82, 2.24) is 5.43 Å². The molecule has 3 N–H and O–H groups in total. The number of benzene rings is 2. The number of nitrogens with zero attached hydrogens (tertiary/aromatic N) is 1. The number of hydrogen-bond acceptors (Lipinski definition) is 4. The second-order valence-corrected chi connectivity index (χ2v) is 4.78. The third-order valence-corrected chi connectivity index (χ3v) is 3.19. The van der Waals surface area contributed by atoms with Crippen molar-refractivity contribution in [3.8, 4) is 11.5 Å². The molecule has 2 aromatic rings. The van der Waals surface area contributed by atoms with Gasteiger partial charge in [-0.1, -0.05) is 12.1 Å². The Morgan fingerprint density at radius 3 is 2.65 bits per heavy atom. The van der Waals surface area contributed by atoms with Crippen LogP contribution in [0.15, 0.2) is 52.0 Å². The number of carbonyl (C=O) groups excluding carboxylic acids is 1. The molecule has 0 heterocycles. The highest BCUT2D eigenvalue weighted by atomic mass is 79.9. The summed E-state index contributed by atoms with van der Waals surface area (Å²) in [6, 6.07) is 11.1. The highest BCUT2D eigenvalue weighted by Crippen LogP contribution is 2.20. The fraction of sp³-hybridized carbons (Fsp3) is 0. The molecular formula is C14H11BrN2O3. The smallest absolute Gasteiger partial charge is 0.272 e. The summed E-state index contributed by atoms with van der Waals surface area (Å²) in [5, 5.41) is 22.5. The molecule has 1 amide bonds. The number of phenolic OH excluding ortho intramolecular Hbond substituents is 2. The highest BCUT2D eigenvalue weighted by Gasteiger charge is 2.07. The van der Waals surface area contributed by atoms with Crippen molar-refractivity contribution >= 4 is 28.1 Å². The van der Waals surface area contributed by atoms with Crippen molar-refractivity contribution in [2.75, 3.05) is 0 Å². The third-order valence-electron chi connectivity index (χ3n) is 2.50. The maximum atomic E-state index is 11.8. The van der Waals surface area contributed by atoms with Gasteiger partial charge < -0.3 is 10.2 Å². The van der Waals surface area contributed by atoms with Gasteiger partial charge in [0.05, 0.1) is 11.8 Å². The van der Waals surface area contributed by atoms with Crippen molar-refractivity contribution in [1.29, 1.82) is 0 Å². The Bertz CT molecular complexity index is 671. The quantitative estimate of drug-likeness (QED) is 0.596.